The highest BCUT2D eigenvalue weighted by atomic mass is 35.5. The first-order valence-corrected chi connectivity index (χ1v) is 10.6. The van der Waals surface area contributed by atoms with Gasteiger partial charge in [0.05, 0.1) is 10.1 Å². The highest BCUT2D eigenvalue weighted by Gasteiger charge is 2.21. The largest absolute Gasteiger partial charge is 0.419 e. The number of aromatic nitrogens is 5. The normalized spacial score (nSPS) is 12.2. The predicted molar refractivity (Wildman–Crippen MR) is 113 cm³/mol. The average molecular weight is 430 g/mol. The fourth-order valence-corrected chi connectivity index (χ4v) is 4.25. The number of hydrogen-bond acceptors (Lipinski definition) is 7. The lowest BCUT2D eigenvalue weighted by Gasteiger charge is -2.10. The van der Waals surface area contributed by atoms with Gasteiger partial charge in [-0.25, -0.2) is 0 Å². The highest BCUT2D eigenvalue weighted by Crippen LogP contribution is 2.36. The number of benzene rings is 1. The summed E-state index contributed by atoms with van der Waals surface area (Å²) in [7, 11) is 0. The quantitative estimate of drug-likeness (QED) is 0.275. The van der Waals surface area contributed by atoms with E-state index in [4.69, 9.17) is 16.0 Å². The van der Waals surface area contributed by atoms with Crippen LogP contribution in [-0.4, -0.2) is 25.0 Å². The van der Waals surface area contributed by atoms with Crippen molar-refractivity contribution in [2.45, 2.75) is 23.9 Å². The molecule has 1 aromatic carbocycles. The lowest BCUT2D eigenvalue weighted by atomic mass is 10.2. The van der Waals surface area contributed by atoms with Crippen molar-refractivity contribution in [3.05, 3.63) is 65.3 Å². The summed E-state index contributed by atoms with van der Waals surface area (Å²) in [5.41, 5.74) is 0.941. The van der Waals surface area contributed by atoms with Crippen LogP contribution in [-0.2, 0) is 6.54 Å². The minimum atomic E-state index is -0.0768. The number of allylic oxidation sites excluding steroid dienone is 1. The van der Waals surface area contributed by atoms with Crippen LogP contribution in [0.15, 0.2) is 64.0 Å². The molecule has 0 amide bonds. The monoisotopic (exact) mass is 429 g/mol. The minimum Gasteiger partial charge on any atom is -0.419 e. The maximum absolute atomic E-state index is 6.00. The summed E-state index contributed by atoms with van der Waals surface area (Å²) in [6, 6.07) is 11.4. The summed E-state index contributed by atoms with van der Waals surface area (Å²) < 4.78 is 7.85. The number of thioether (sulfide) groups is 1. The van der Waals surface area contributed by atoms with Gasteiger partial charge < -0.3 is 4.42 Å². The van der Waals surface area contributed by atoms with Crippen LogP contribution in [0, 0.1) is 0 Å². The molecule has 3 aromatic heterocycles. The number of rotatable bonds is 7. The molecule has 1 atom stereocenters. The SMILES string of the molecule is C=CCn1c(S[C@H](C)c2nnc(-c3cccs3)o2)nnc1-c1ccc(Cl)cc1. The van der Waals surface area contributed by atoms with E-state index in [0.29, 0.717) is 23.3 Å². The maximum atomic E-state index is 6.00. The van der Waals surface area contributed by atoms with Crippen LogP contribution in [0.25, 0.3) is 22.2 Å². The Morgan fingerprint density at radius 3 is 2.75 bits per heavy atom. The molecular weight excluding hydrogens is 414 g/mol. The van der Waals surface area contributed by atoms with Crippen LogP contribution in [0.2, 0.25) is 5.02 Å². The summed E-state index contributed by atoms with van der Waals surface area (Å²) in [5.74, 6) is 1.84. The van der Waals surface area contributed by atoms with Crippen molar-refractivity contribution in [2.24, 2.45) is 0 Å². The Kier molecular flexibility index (Phi) is 5.61. The molecule has 142 valence electrons. The summed E-state index contributed by atoms with van der Waals surface area (Å²) >= 11 is 9.08. The van der Waals surface area contributed by atoms with E-state index in [1.54, 1.807) is 11.3 Å². The maximum Gasteiger partial charge on any atom is 0.257 e. The van der Waals surface area contributed by atoms with Crippen LogP contribution in [0.3, 0.4) is 0 Å². The Bertz CT molecular complexity index is 1070. The van der Waals surface area contributed by atoms with Gasteiger partial charge in [-0.05, 0) is 42.6 Å². The standard InChI is InChI=1S/C19H16ClN5OS2/c1-3-10-25-16(13-6-8-14(20)9-7-13)21-24-19(25)28-12(2)17-22-23-18(26-17)15-5-4-11-27-15/h3-9,11-12H,1,10H2,2H3/t12-/m1/s1. The van der Waals surface area contributed by atoms with E-state index >= 15 is 0 Å². The molecule has 0 aliphatic rings. The van der Waals surface area contributed by atoms with Gasteiger partial charge in [0.2, 0.25) is 5.89 Å². The molecule has 4 rings (SSSR count). The molecule has 0 bridgehead atoms. The molecular formula is C19H16ClN5OS2. The van der Waals surface area contributed by atoms with E-state index in [2.05, 4.69) is 27.0 Å². The molecule has 0 saturated heterocycles. The zero-order valence-electron chi connectivity index (χ0n) is 14.9. The molecule has 28 heavy (non-hydrogen) atoms. The summed E-state index contributed by atoms with van der Waals surface area (Å²) in [5, 5.41) is 20.4. The first kappa shape index (κ1) is 18.9. The fourth-order valence-electron chi connectivity index (χ4n) is 2.59. The van der Waals surface area contributed by atoms with Gasteiger partial charge >= 0.3 is 0 Å². The molecule has 0 aliphatic heterocycles. The Hall–Kier alpha value is -2.42. The average Bonchev–Trinajstić information content (AvgIpc) is 3.44. The first-order chi connectivity index (χ1) is 13.7. The van der Waals surface area contributed by atoms with Gasteiger partial charge in [0, 0.05) is 17.1 Å². The van der Waals surface area contributed by atoms with Crippen LogP contribution in [0.1, 0.15) is 18.1 Å². The van der Waals surface area contributed by atoms with Gasteiger partial charge in [-0.3, -0.25) is 4.57 Å². The Morgan fingerprint density at radius 1 is 1.21 bits per heavy atom. The van der Waals surface area contributed by atoms with E-state index in [0.717, 1.165) is 21.4 Å². The molecule has 0 aliphatic carbocycles. The Labute approximate surface area is 175 Å². The Morgan fingerprint density at radius 2 is 2.04 bits per heavy atom. The second-order valence-corrected chi connectivity index (χ2v) is 8.59. The number of halogens is 1. The predicted octanol–water partition coefficient (Wildman–Crippen LogP) is 5.75. The zero-order chi connectivity index (χ0) is 19.5. The van der Waals surface area contributed by atoms with Crippen molar-refractivity contribution >= 4 is 34.7 Å². The van der Waals surface area contributed by atoms with Crippen molar-refractivity contribution in [1.82, 2.24) is 25.0 Å². The highest BCUT2D eigenvalue weighted by molar-refractivity contribution is 7.99. The number of hydrogen-bond donors (Lipinski definition) is 0. The molecule has 0 N–H and O–H groups in total. The second-order valence-electron chi connectivity index (χ2n) is 5.90. The van der Waals surface area contributed by atoms with Gasteiger partial charge in [-0.15, -0.1) is 38.3 Å². The van der Waals surface area contributed by atoms with E-state index in [-0.39, 0.29) is 5.25 Å². The third-order valence-corrected chi connectivity index (χ3v) is 6.11. The summed E-state index contributed by atoms with van der Waals surface area (Å²) in [6.07, 6.45) is 1.82. The smallest absolute Gasteiger partial charge is 0.257 e. The first-order valence-electron chi connectivity index (χ1n) is 8.49. The van der Waals surface area contributed by atoms with Crippen molar-refractivity contribution in [1.29, 1.82) is 0 Å². The summed E-state index contributed by atoms with van der Waals surface area (Å²) in [6.45, 7) is 6.44. The third kappa shape index (κ3) is 3.89. The van der Waals surface area contributed by atoms with Crippen LogP contribution in [0.5, 0.6) is 0 Å². The molecule has 6 nitrogen and oxygen atoms in total. The topological polar surface area (TPSA) is 69.6 Å². The fraction of sp³-hybridized carbons (Fsp3) is 0.158. The molecule has 0 fully saturated rings. The van der Waals surface area contributed by atoms with Gasteiger partial charge in [0.15, 0.2) is 11.0 Å². The molecule has 0 saturated carbocycles. The van der Waals surface area contributed by atoms with E-state index in [1.165, 1.54) is 11.8 Å². The summed E-state index contributed by atoms with van der Waals surface area (Å²) in [4.78, 5) is 0.954. The zero-order valence-corrected chi connectivity index (χ0v) is 17.3. The lowest BCUT2D eigenvalue weighted by Crippen LogP contribution is -2.01. The number of thiophene rings is 1. The van der Waals surface area contributed by atoms with Gasteiger partial charge in [0.25, 0.3) is 5.89 Å². The van der Waals surface area contributed by atoms with Crippen molar-refractivity contribution in [3.63, 3.8) is 0 Å². The van der Waals surface area contributed by atoms with Crippen molar-refractivity contribution in [3.8, 4) is 22.2 Å². The lowest BCUT2D eigenvalue weighted by molar-refractivity contribution is 0.509. The Balaban J connectivity index is 1.59. The van der Waals surface area contributed by atoms with Gasteiger partial charge in [-0.2, -0.15) is 0 Å². The minimum absolute atomic E-state index is 0.0768. The third-order valence-electron chi connectivity index (χ3n) is 3.93. The van der Waals surface area contributed by atoms with Crippen molar-refractivity contribution in [2.75, 3.05) is 0 Å². The molecule has 0 radical (unpaired) electrons. The molecule has 9 heteroatoms. The van der Waals surface area contributed by atoms with Crippen LogP contribution in [0.4, 0.5) is 0 Å². The van der Waals surface area contributed by atoms with E-state index < -0.39 is 0 Å². The second kappa shape index (κ2) is 8.30. The van der Waals surface area contributed by atoms with Crippen LogP contribution >= 0.6 is 34.7 Å². The molecule has 4 aromatic rings. The van der Waals surface area contributed by atoms with Crippen LogP contribution < -0.4 is 0 Å². The van der Waals surface area contributed by atoms with Crippen molar-refractivity contribution < 1.29 is 4.42 Å². The molecule has 0 unspecified atom stereocenters. The molecule has 0 spiro atoms. The molecule has 3 heterocycles. The number of nitrogens with zero attached hydrogens (tertiary/aromatic N) is 5. The van der Waals surface area contributed by atoms with E-state index in [9.17, 15) is 0 Å². The van der Waals surface area contributed by atoms with E-state index in [1.807, 2.05) is 59.3 Å². The van der Waals surface area contributed by atoms with Gasteiger partial charge in [-0.1, -0.05) is 35.5 Å². The van der Waals surface area contributed by atoms with Gasteiger partial charge in [0.1, 0.15) is 0 Å².